The van der Waals surface area contributed by atoms with Crippen LogP contribution < -0.4 is 0 Å². The van der Waals surface area contributed by atoms with Gasteiger partial charge in [0.05, 0.1) is 6.54 Å². The van der Waals surface area contributed by atoms with Gasteiger partial charge in [0.1, 0.15) is 12.2 Å². The molecular formula is C12H22N4. The van der Waals surface area contributed by atoms with Gasteiger partial charge < -0.3 is 4.57 Å². The van der Waals surface area contributed by atoms with E-state index in [2.05, 4.69) is 53.6 Å². The number of hydrogen-bond donors (Lipinski definition) is 0. The summed E-state index contributed by atoms with van der Waals surface area (Å²) >= 11 is 0. The SMILES string of the molecule is CCCn1cnnc1CN(C)CC=C(C)C. The van der Waals surface area contributed by atoms with Gasteiger partial charge in [0, 0.05) is 13.1 Å². The Balaban J connectivity index is 2.52. The highest BCUT2D eigenvalue weighted by atomic mass is 15.3. The first-order valence-electron chi connectivity index (χ1n) is 5.82. The fraction of sp³-hybridized carbons (Fsp3) is 0.667. The van der Waals surface area contributed by atoms with E-state index in [4.69, 9.17) is 0 Å². The monoisotopic (exact) mass is 222 g/mol. The number of allylic oxidation sites excluding steroid dienone is 1. The normalized spacial score (nSPS) is 10.8. The van der Waals surface area contributed by atoms with Gasteiger partial charge in [-0.25, -0.2) is 0 Å². The molecule has 1 rings (SSSR count). The van der Waals surface area contributed by atoms with Crippen molar-refractivity contribution in [1.82, 2.24) is 19.7 Å². The zero-order chi connectivity index (χ0) is 12.0. The molecule has 1 aromatic heterocycles. The summed E-state index contributed by atoms with van der Waals surface area (Å²) in [6, 6.07) is 0. The van der Waals surface area contributed by atoms with Crippen molar-refractivity contribution in [2.45, 2.75) is 40.3 Å². The second-order valence-corrected chi connectivity index (χ2v) is 4.42. The van der Waals surface area contributed by atoms with E-state index in [9.17, 15) is 0 Å². The molecule has 0 amide bonds. The minimum Gasteiger partial charge on any atom is -0.317 e. The summed E-state index contributed by atoms with van der Waals surface area (Å²) in [4.78, 5) is 2.24. The molecule has 0 bridgehead atoms. The van der Waals surface area contributed by atoms with Crippen molar-refractivity contribution < 1.29 is 0 Å². The first kappa shape index (κ1) is 12.9. The van der Waals surface area contributed by atoms with Gasteiger partial charge in [0.15, 0.2) is 0 Å². The topological polar surface area (TPSA) is 34.0 Å². The van der Waals surface area contributed by atoms with Crippen LogP contribution >= 0.6 is 0 Å². The summed E-state index contributed by atoms with van der Waals surface area (Å²) in [5.74, 6) is 1.05. The fourth-order valence-electron chi connectivity index (χ4n) is 1.47. The Kier molecular flexibility index (Phi) is 5.19. The van der Waals surface area contributed by atoms with Crippen LogP contribution in [0.25, 0.3) is 0 Å². The van der Waals surface area contributed by atoms with Gasteiger partial charge in [-0.05, 0) is 27.3 Å². The van der Waals surface area contributed by atoms with Gasteiger partial charge in [-0.15, -0.1) is 10.2 Å². The van der Waals surface area contributed by atoms with Crippen LogP contribution in [0, 0.1) is 0 Å². The third-order valence-corrected chi connectivity index (χ3v) is 2.38. The summed E-state index contributed by atoms with van der Waals surface area (Å²) in [5.41, 5.74) is 1.35. The molecule has 1 aromatic rings. The first-order chi connectivity index (χ1) is 7.63. The van der Waals surface area contributed by atoms with Crippen molar-refractivity contribution >= 4 is 0 Å². The Morgan fingerprint density at radius 3 is 2.88 bits per heavy atom. The summed E-state index contributed by atoms with van der Waals surface area (Å²) in [6.07, 6.45) is 5.15. The first-order valence-corrected chi connectivity index (χ1v) is 5.82. The predicted octanol–water partition coefficient (Wildman–Crippen LogP) is 2.09. The molecule has 0 fully saturated rings. The van der Waals surface area contributed by atoms with E-state index < -0.39 is 0 Å². The Morgan fingerprint density at radius 2 is 2.25 bits per heavy atom. The number of rotatable bonds is 6. The lowest BCUT2D eigenvalue weighted by molar-refractivity contribution is 0.344. The molecule has 16 heavy (non-hydrogen) atoms. The van der Waals surface area contributed by atoms with Gasteiger partial charge in [-0.3, -0.25) is 4.90 Å². The van der Waals surface area contributed by atoms with Gasteiger partial charge in [0.25, 0.3) is 0 Å². The highest BCUT2D eigenvalue weighted by Gasteiger charge is 2.05. The fourth-order valence-corrected chi connectivity index (χ4v) is 1.47. The highest BCUT2D eigenvalue weighted by molar-refractivity contribution is 4.95. The quantitative estimate of drug-likeness (QED) is 0.691. The summed E-state index contributed by atoms with van der Waals surface area (Å²) in [6.45, 7) is 9.21. The summed E-state index contributed by atoms with van der Waals surface area (Å²) in [5, 5.41) is 8.11. The molecule has 4 heteroatoms. The number of nitrogens with zero attached hydrogens (tertiary/aromatic N) is 4. The second-order valence-electron chi connectivity index (χ2n) is 4.42. The van der Waals surface area contributed by atoms with E-state index in [-0.39, 0.29) is 0 Å². The van der Waals surface area contributed by atoms with Crippen LogP contribution in [0.15, 0.2) is 18.0 Å². The molecule has 0 N–H and O–H groups in total. The number of aryl methyl sites for hydroxylation is 1. The highest BCUT2D eigenvalue weighted by Crippen LogP contribution is 2.01. The minimum atomic E-state index is 0.851. The molecule has 0 aliphatic heterocycles. The maximum absolute atomic E-state index is 4.15. The molecule has 0 aliphatic carbocycles. The summed E-state index contributed by atoms with van der Waals surface area (Å²) < 4.78 is 2.12. The van der Waals surface area contributed by atoms with Gasteiger partial charge in [0.2, 0.25) is 0 Å². The third kappa shape index (κ3) is 4.14. The second kappa shape index (κ2) is 6.43. The standard InChI is InChI=1S/C12H22N4/c1-5-7-16-10-13-14-12(16)9-15(4)8-6-11(2)3/h6,10H,5,7-9H2,1-4H3. The molecule has 1 heterocycles. The van der Waals surface area contributed by atoms with Gasteiger partial charge in [-0.1, -0.05) is 18.6 Å². The van der Waals surface area contributed by atoms with E-state index in [1.165, 1.54) is 5.57 Å². The molecule has 0 aliphatic rings. The van der Waals surface area contributed by atoms with E-state index in [0.717, 1.165) is 31.9 Å². The van der Waals surface area contributed by atoms with Crippen molar-refractivity contribution in [2.75, 3.05) is 13.6 Å². The summed E-state index contributed by atoms with van der Waals surface area (Å²) in [7, 11) is 2.10. The Hall–Kier alpha value is -1.16. The van der Waals surface area contributed by atoms with Crippen LogP contribution in [0.1, 0.15) is 33.0 Å². The Morgan fingerprint density at radius 1 is 1.50 bits per heavy atom. The molecule has 0 unspecified atom stereocenters. The Labute approximate surface area is 98.0 Å². The largest absolute Gasteiger partial charge is 0.317 e. The maximum atomic E-state index is 4.15. The zero-order valence-corrected chi connectivity index (χ0v) is 10.8. The smallest absolute Gasteiger partial charge is 0.147 e. The van der Waals surface area contributed by atoms with E-state index >= 15 is 0 Å². The maximum Gasteiger partial charge on any atom is 0.147 e. The molecule has 4 nitrogen and oxygen atoms in total. The minimum absolute atomic E-state index is 0.851. The van der Waals surface area contributed by atoms with Crippen molar-refractivity contribution in [3.05, 3.63) is 23.8 Å². The lowest BCUT2D eigenvalue weighted by Gasteiger charge is -2.14. The van der Waals surface area contributed by atoms with Crippen molar-refractivity contribution in [1.29, 1.82) is 0 Å². The van der Waals surface area contributed by atoms with Crippen LogP contribution in [0.5, 0.6) is 0 Å². The predicted molar refractivity (Wildman–Crippen MR) is 66.1 cm³/mol. The Bertz CT molecular complexity index is 337. The van der Waals surface area contributed by atoms with Crippen LogP contribution in [0.2, 0.25) is 0 Å². The van der Waals surface area contributed by atoms with Crippen LogP contribution in [0.4, 0.5) is 0 Å². The molecule has 0 aromatic carbocycles. The molecule has 90 valence electrons. The van der Waals surface area contributed by atoms with E-state index in [1.54, 1.807) is 0 Å². The van der Waals surface area contributed by atoms with E-state index in [0.29, 0.717) is 0 Å². The number of likely N-dealkylation sites (N-methyl/N-ethyl adjacent to an activating group) is 1. The van der Waals surface area contributed by atoms with Gasteiger partial charge in [-0.2, -0.15) is 0 Å². The number of aromatic nitrogens is 3. The van der Waals surface area contributed by atoms with Crippen molar-refractivity contribution in [3.63, 3.8) is 0 Å². The van der Waals surface area contributed by atoms with Crippen molar-refractivity contribution in [3.8, 4) is 0 Å². The molecule has 0 saturated heterocycles. The van der Waals surface area contributed by atoms with Gasteiger partial charge >= 0.3 is 0 Å². The zero-order valence-electron chi connectivity index (χ0n) is 10.8. The molecular weight excluding hydrogens is 200 g/mol. The molecule has 0 saturated carbocycles. The molecule has 0 spiro atoms. The molecule has 0 radical (unpaired) electrons. The van der Waals surface area contributed by atoms with Crippen LogP contribution in [0.3, 0.4) is 0 Å². The van der Waals surface area contributed by atoms with Crippen LogP contribution in [-0.2, 0) is 13.1 Å². The average molecular weight is 222 g/mol. The third-order valence-electron chi connectivity index (χ3n) is 2.38. The van der Waals surface area contributed by atoms with Crippen LogP contribution in [-0.4, -0.2) is 33.3 Å². The lowest BCUT2D eigenvalue weighted by Crippen LogP contribution is -2.20. The lowest BCUT2D eigenvalue weighted by atomic mass is 10.3. The van der Waals surface area contributed by atoms with Crippen molar-refractivity contribution in [2.24, 2.45) is 0 Å². The number of hydrogen-bond acceptors (Lipinski definition) is 3. The van der Waals surface area contributed by atoms with E-state index in [1.807, 2.05) is 6.33 Å². The molecule has 0 atom stereocenters. The average Bonchev–Trinajstić information content (AvgIpc) is 2.63.